The molecule has 4 rings (SSSR count). The van der Waals surface area contributed by atoms with Crippen molar-refractivity contribution < 1.29 is 4.58 Å². The topological polar surface area (TPSA) is 6.25 Å². The molecular weight excluding hydrogens is 376 g/mol. The van der Waals surface area contributed by atoms with Gasteiger partial charge in [-0.25, -0.2) is 0 Å². The van der Waals surface area contributed by atoms with E-state index in [0.717, 1.165) is 0 Å². The van der Waals surface area contributed by atoms with Crippen LogP contribution >= 0.6 is 0 Å². The van der Waals surface area contributed by atoms with Gasteiger partial charge in [-0.1, -0.05) is 56.3 Å². The van der Waals surface area contributed by atoms with Crippen molar-refractivity contribution in [1.82, 2.24) is 0 Å². The van der Waals surface area contributed by atoms with Crippen molar-refractivity contribution in [2.45, 2.75) is 78.3 Å². The van der Waals surface area contributed by atoms with Crippen molar-refractivity contribution in [3.05, 3.63) is 83.6 Å². The molecule has 0 saturated carbocycles. The molecule has 0 amide bonds. The highest BCUT2D eigenvalue weighted by Crippen LogP contribution is 2.48. The van der Waals surface area contributed by atoms with Crippen LogP contribution in [0.4, 0.5) is 11.4 Å². The van der Waals surface area contributed by atoms with Gasteiger partial charge in [0.25, 0.3) is 0 Å². The Kier molecular flexibility index (Phi) is 5.24. The van der Waals surface area contributed by atoms with E-state index in [1.165, 1.54) is 33.9 Å². The second-order valence-electron chi connectivity index (χ2n) is 10.5. The molecule has 2 heteroatoms. The molecule has 2 aliphatic heterocycles. The van der Waals surface area contributed by atoms with Crippen LogP contribution in [-0.2, 0) is 10.8 Å². The van der Waals surface area contributed by atoms with Crippen molar-refractivity contribution in [3.8, 4) is 0 Å². The molecule has 0 unspecified atom stereocenters. The molecular formula is C29H37N2+. The van der Waals surface area contributed by atoms with Crippen LogP contribution in [0.3, 0.4) is 0 Å². The lowest BCUT2D eigenvalue weighted by molar-refractivity contribution is -0.472. The number of hydrogen-bond donors (Lipinski definition) is 0. The predicted octanol–water partition coefficient (Wildman–Crippen LogP) is 7.12. The lowest BCUT2D eigenvalue weighted by Gasteiger charge is -2.30. The van der Waals surface area contributed by atoms with Crippen LogP contribution in [0.15, 0.2) is 72.5 Å². The molecule has 0 radical (unpaired) electrons. The van der Waals surface area contributed by atoms with Crippen LogP contribution in [0.25, 0.3) is 0 Å². The Bertz CT molecular complexity index is 1090. The summed E-state index contributed by atoms with van der Waals surface area (Å²) in [6.45, 7) is 18.5. The molecule has 0 spiro atoms. The summed E-state index contributed by atoms with van der Waals surface area (Å²) in [4.78, 5) is 2.50. The number of anilines is 1. The summed E-state index contributed by atoms with van der Waals surface area (Å²) in [6.07, 6.45) is 6.95. The van der Waals surface area contributed by atoms with E-state index in [2.05, 4.69) is 132 Å². The Balaban J connectivity index is 1.79. The minimum Gasteiger partial charge on any atom is -0.341 e. The summed E-state index contributed by atoms with van der Waals surface area (Å²) in [5.41, 5.74) is 8.21. The van der Waals surface area contributed by atoms with Gasteiger partial charge in [-0.3, -0.25) is 0 Å². The standard InChI is InChI=1S/C29H37N2/c1-20(2)30-24-16-11-9-14-22(24)28(5,6)26(30)18-13-19-27-29(7,8)23-15-10-12-17-25(23)31(27)21(3)4/h9-21H,1-8H3/q+1. The van der Waals surface area contributed by atoms with Gasteiger partial charge in [0.05, 0.1) is 5.41 Å². The Morgan fingerprint density at radius 1 is 0.806 bits per heavy atom. The van der Waals surface area contributed by atoms with E-state index in [-0.39, 0.29) is 10.8 Å². The zero-order valence-electron chi connectivity index (χ0n) is 20.4. The summed E-state index contributed by atoms with van der Waals surface area (Å²) in [5, 5.41) is 0. The van der Waals surface area contributed by atoms with Crippen molar-refractivity contribution in [2.75, 3.05) is 4.90 Å². The molecule has 0 bridgehead atoms. The fourth-order valence-electron chi connectivity index (χ4n) is 5.48. The molecule has 2 aromatic rings. The molecule has 162 valence electrons. The lowest BCUT2D eigenvalue weighted by Crippen LogP contribution is -2.31. The van der Waals surface area contributed by atoms with Crippen LogP contribution in [0.2, 0.25) is 0 Å². The third-order valence-electron chi connectivity index (χ3n) is 7.01. The molecule has 2 aliphatic rings. The average molecular weight is 414 g/mol. The minimum atomic E-state index is -0.0121. The van der Waals surface area contributed by atoms with E-state index in [1.807, 2.05) is 0 Å². The van der Waals surface area contributed by atoms with Gasteiger partial charge in [0.1, 0.15) is 0 Å². The van der Waals surface area contributed by atoms with Gasteiger partial charge < -0.3 is 4.90 Å². The second kappa shape index (κ2) is 7.51. The number of rotatable bonds is 4. The Labute approximate surface area is 188 Å². The van der Waals surface area contributed by atoms with Gasteiger partial charge in [0.15, 0.2) is 11.8 Å². The van der Waals surface area contributed by atoms with Crippen LogP contribution in [-0.4, -0.2) is 22.4 Å². The summed E-state index contributed by atoms with van der Waals surface area (Å²) in [6, 6.07) is 18.5. The van der Waals surface area contributed by atoms with Crippen LogP contribution in [0, 0.1) is 0 Å². The van der Waals surface area contributed by atoms with Crippen molar-refractivity contribution in [3.63, 3.8) is 0 Å². The quantitative estimate of drug-likeness (QED) is 0.484. The molecule has 2 aromatic carbocycles. The number of para-hydroxylation sites is 2. The molecule has 31 heavy (non-hydrogen) atoms. The summed E-state index contributed by atoms with van der Waals surface area (Å²) < 4.78 is 2.50. The fourth-order valence-corrected chi connectivity index (χ4v) is 5.48. The number of nitrogens with zero attached hydrogens (tertiary/aromatic N) is 2. The van der Waals surface area contributed by atoms with Crippen molar-refractivity contribution in [1.29, 1.82) is 0 Å². The molecule has 0 atom stereocenters. The van der Waals surface area contributed by atoms with Gasteiger partial charge in [0, 0.05) is 40.5 Å². The van der Waals surface area contributed by atoms with Crippen LogP contribution in [0.1, 0.15) is 66.5 Å². The summed E-state index contributed by atoms with van der Waals surface area (Å²) >= 11 is 0. The number of allylic oxidation sites excluding steroid dienone is 4. The van der Waals surface area contributed by atoms with E-state index in [0.29, 0.717) is 12.1 Å². The number of fused-ring (bicyclic) bond motifs is 2. The van der Waals surface area contributed by atoms with Gasteiger partial charge in [-0.2, -0.15) is 4.58 Å². The highest BCUT2D eigenvalue weighted by atomic mass is 15.2. The van der Waals surface area contributed by atoms with E-state index in [1.54, 1.807) is 0 Å². The van der Waals surface area contributed by atoms with E-state index in [4.69, 9.17) is 0 Å². The summed E-state index contributed by atoms with van der Waals surface area (Å²) in [5.74, 6) is 0. The first kappa shape index (κ1) is 21.6. The molecule has 0 aromatic heterocycles. The Hall–Kier alpha value is -2.61. The number of benzene rings is 2. The number of hydrogen-bond acceptors (Lipinski definition) is 1. The maximum absolute atomic E-state index is 2.50. The van der Waals surface area contributed by atoms with Gasteiger partial charge in [-0.05, 0) is 59.2 Å². The predicted molar refractivity (Wildman–Crippen MR) is 134 cm³/mol. The normalized spacial score (nSPS) is 20.5. The van der Waals surface area contributed by atoms with E-state index < -0.39 is 0 Å². The molecule has 0 fully saturated rings. The van der Waals surface area contributed by atoms with Gasteiger partial charge in [0.2, 0.25) is 5.69 Å². The first-order valence-electron chi connectivity index (χ1n) is 11.6. The van der Waals surface area contributed by atoms with E-state index >= 15 is 0 Å². The SMILES string of the molecule is CC(C)N1C(=CC=CC2=[N+](C(C)C)c3ccccc3C2(C)C)C(C)(C)c2ccccc21. The maximum Gasteiger partial charge on any atom is 0.209 e. The molecule has 0 aliphatic carbocycles. The first-order valence-corrected chi connectivity index (χ1v) is 11.6. The third-order valence-corrected chi connectivity index (χ3v) is 7.01. The fraction of sp³-hybridized carbons (Fsp3) is 0.414. The lowest BCUT2D eigenvalue weighted by atomic mass is 9.81. The van der Waals surface area contributed by atoms with Crippen molar-refractivity contribution >= 4 is 17.1 Å². The largest absolute Gasteiger partial charge is 0.341 e. The van der Waals surface area contributed by atoms with Crippen LogP contribution < -0.4 is 4.90 Å². The molecule has 2 heterocycles. The maximum atomic E-state index is 2.50. The Morgan fingerprint density at radius 2 is 1.42 bits per heavy atom. The molecule has 2 nitrogen and oxygen atoms in total. The van der Waals surface area contributed by atoms with Crippen LogP contribution in [0.5, 0.6) is 0 Å². The minimum absolute atomic E-state index is 0.0121. The highest BCUT2D eigenvalue weighted by Gasteiger charge is 2.45. The highest BCUT2D eigenvalue weighted by molar-refractivity contribution is 6.03. The Morgan fingerprint density at radius 3 is 2.06 bits per heavy atom. The van der Waals surface area contributed by atoms with Crippen molar-refractivity contribution in [2.24, 2.45) is 0 Å². The van der Waals surface area contributed by atoms with Gasteiger partial charge >= 0.3 is 0 Å². The molecule has 0 saturated heterocycles. The summed E-state index contributed by atoms with van der Waals surface area (Å²) in [7, 11) is 0. The first-order chi connectivity index (χ1) is 14.6. The zero-order valence-corrected chi connectivity index (χ0v) is 20.4. The van der Waals surface area contributed by atoms with E-state index in [9.17, 15) is 0 Å². The monoisotopic (exact) mass is 413 g/mol. The van der Waals surface area contributed by atoms with Gasteiger partial charge in [-0.15, -0.1) is 0 Å². The third kappa shape index (κ3) is 3.28. The average Bonchev–Trinajstić information content (AvgIpc) is 3.08. The smallest absolute Gasteiger partial charge is 0.209 e. The molecule has 0 N–H and O–H groups in total. The zero-order chi connectivity index (χ0) is 22.6. The second-order valence-corrected chi connectivity index (χ2v) is 10.5.